The van der Waals surface area contributed by atoms with E-state index in [-0.39, 0.29) is 0 Å². The zero-order valence-electron chi connectivity index (χ0n) is 10.0. The van der Waals surface area contributed by atoms with Gasteiger partial charge in [-0.1, -0.05) is 50.0 Å². The Kier molecular flexibility index (Phi) is 4.05. The van der Waals surface area contributed by atoms with E-state index in [0.29, 0.717) is 0 Å². The van der Waals surface area contributed by atoms with Gasteiger partial charge in [0.15, 0.2) is 0 Å². The van der Waals surface area contributed by atoms with Gasteiger partial charge in [-0.05, 0) is 43.9 Å². The fraction of sp³-hybridized carbons (Fsp3) is 0.733. The highest BCUT2D eigenvalue weighted by atomic mass is 14.3. The molecule has 0 heterocycles. The summed E-state index contributed by atoms with van der Waals surface area (Å²) in [4.78, 5) is 0. The fourth-order valence-electron chi connectivity index (χ4n) is 3.09. The van der Waals surface area contributed by atoms with Crippen LogP contribution >= 0.6 is 0 Å². The highest BCUT2D eigenvalue weighted by Gasteiger charge is 2.26. The molecule has 0 aliphatic heterocycles. The summed E-state index contributed by atoms with van der Waals surface area (Å²) in [5.41, 5.74) is 1.74. The average molecular weight is 204 g/mol. The van der Waals surface area contributed by atoms with E-state index in [1.165, 1.54) is 51.4 Å². The Morgan fingerprint density at radius 3 is 2.87 bits per heavy atom. The van der Waals surface area contributed by atoms with Crippen molar-refractivity contribution in [1.29, 1.82) is 0 Å². The van der Waals surface area contributed by atoms with Crippen molar-refractivity contribution in [2.45, 2.75) is 58.3 Å². The lowest BCUT2D eigenvalue weighted by Gasteiger charge is -2.16. The summed E-state index contributed by atoms with van der Waals surface area (Å²) in [7, 11) is 0. The summed E-state index contributed by atoms with van der Waals surface area (Å²) in [5.74, 6) is 1.85. The Labute approximate surface area is 94.5 Å². The first kappa shape index (κ1) is 11.0. The molecule has 2 unspecified atom stereocenters. The first-order chi connectivity index (χ1) is 7.38. The maximum absolute atomic E-state index is 2.44. The van der Waals surface area contributed by atoms with Crippen LogP contribution in [0.4, 0.5) is 0 Å². The van der Waals surface area contributed by atoms with Crippen LogP contribution in [-0.4, -0.2) is 0 Å². The minimum Gasteiger partial charge on any atom is -0.0845 e. The molecule has 0 N–H and O–H groups in total. The van der Waals surface area contributed by atoms with Gasteiger partial charge >= 0.3 is 0 Å². The molecule has 0 aromatic heterocycles. The topological polar surface area (TPSA) is 0 Å². The van der Waals surface area contributed by atoms with Crippen molar-refractivity contribution in [3.05, 3.63) is 23.8 Å². The molecule has 2 rings (SSSR count). The summed E-state index contributed by atoms with van der Waals surface area (Å²) in [5, 5.41) is 0. The molecule has 0 radical (unpaired) electrons. The first-order valence-corrected chi connectivity index (χ1v) is 6.73. The zero-order chi connectivity index (χ0) is 10.5. The van der Waals surface area contributed by atoms with Crippen LogP contribution in [0.5, 0.6) is 0 Å². The van der Waals surface area contributed by atoms with Gasteiger partial charge in [-0.3, -0.25) is 0 Å². The molecule has 0 nitrogen and oxygen atoms in total. The molecule has 1 saturated carbocycles. The molecule has 2 aliphatic rings. The minimum absolute atomic E-state index is 0.910. The van der Waals surface area contributed by atoms with Crippen LogP contribution in [0, 0.1) is 11.8 Å². The van der Waals surface area contributed by atoms with Crippen molar-refractivity contribution >= 4 is 0 Å². The molecule has 0 heteroatoms. The molecule has 1 fully saturated rings. The summed E-state index contributed by atoms with van der Waals surface area (Å²) >= 11 is 0. The molecule has 0 saturated heterocycles. The summed E-state index contributed by atoms with van der Waals surface area (Å²) in [6.07, 6.45) is 18.3. The third kappa shape index (κ3) is 2.96. The minimum atomic E-state index is 0.910. The lowest BCUT2D eigenvalue weighted by Crippen LogP contribution is -2.05. The van der Waals surface area contributed by atoms with Gasteiger partial charge in [0.25, 0.3) is 0 Å². The van der Waals surface area contributed by atoms with Crippen LogP contribution < -0.4 is 0 Å². The van der Waals surface area contributed by atoms with Crippen LogP contribution in [0.25, 0.3) is 0 Å². The molecular weight excluding hydrogens is 180 g/mol. The normalized spacial score (nSPS) is 38.6. The van der Waals surface area contributed by atoms with Crippen molar-refractivity contribution in [2.24, 2.45) is 11.8 Å². The zero-order valence-corrected chi connectivity index (χ0v) is 10.0. The third-order valence-corrected chi connectivity index (χ3v) is 4.13. The van der Waals surface area contributed by atoms with E-state index in [1.54, 1.807) is 5.57 Å². The van der Waals surface area contributed by atoms with Gasteiger partial charge in [-0.2, -0.15) is 0 Å². The average Bonchev–Trinajstić information content (AvgIpc) is 2.56. The van der Waals surface area contributed by atoms with E-state index in [2.05, 4.69) is 25.2 Å². The number of fused-ring (bicyclic) bond motifs is 1. The molecule has 2 atom stereocenters. The monoisotopic (exact) mass is 204 g/mol. The van der Waals surface area contributed by atoms with Gasteiger partial charge in [0, 0.05) is 0 Å². The van der Waals surface area contributed by atoms with Crippen LogP contribution in [0.15, 0.2) is 23.8 Å². The van der Waals surface area contributed by atoms with E-state index < -0.39 is 0 Å². The predicted molar refractivity (Wildman–Crippen MR) is 66.8 cm³/mol. The molecule has 0 aromatic rings. The van der Waals surface area contributed by atoms with Crippen LogP contribution in [0.1, 0.15) is 58.3 Å². The van der Waals surface area contributed by atoms with E-state index in [1.807, 2.05) is 0 Å². The second-order valence-corrected chi connectivity index (χ2v) is 5.28. The second-order valence-electron chi connectivity index (χ2n) is 5.28. The number of allylic oxidation sites excluding steroid dienone is 4. The van der Waals surface area contributed by atoms with Gasteiger partial charge in [0.1, 0.15) is 0 Å². The Morgan fingerprint density at radius 1 is 1.07 bits per heavy atom. The molecule has 0 amide bonds. The number of rotatable bonds is 0. The van der Waals surface area contributed by atoms with E-state index in [9.17, 15) is 0 Å². The molecular formula is C15H24. The lowest BCUT2D eigenvalue weighted by atomic mass is 9.89. The maximum Gasteiger partial charge on any atom is -0.0174 e. The van der Waals surface area contributed by atoms with Crippen molar-refractivity contribution in [2.75, 3.05) is 0 Å². The highest BCUT2D eigenvalue weighted by molar-refractivity contribution is 5.19. The SMILES string of the molecule is CC1CC/C2=C/C=C/CCCCCCC21. The summed E-state index contributed by atoms with van der Waals surface area (Å²) < 4.78 is 0. The molecule has 0 aromatic carbocycles. The first-order valence-electron chi connectivity index (χ1n) is 6.73. The Bertz CT molecular complexity index is 247. The standard InChI is InChI=1S/C15H24/c1-13-11-12-14-9-7-5-3-2-4-6-8-10-15(13)14/h5,7,9,13,15H,2-4,6,8,10-12H2,1H3/b7-5+,14-9-. The van der Waals surface area contributed by atoms with Crippen molar-refractivity contribution in [1.82, 2.24) is 0 Å². The van der Waals surface area contributed by atoms with E-state index in [4.69, 9.17) is 0 Å². The van der Waals surface area contributed by atoms with E-state index in [0.717, 1.165) is 11.8 Å². The predicted octanol–water partition coefficient (Wildman–Crippen LogP) is 4.87. The summed E-state index contributed by atoms with van der Waals surface area (Å²) in [6.45, 7) is 2.44. The number of hydrogen-bond donors (Lipinski definition) is 0. The lowest BCUT2D eigenvalue weighted by molar-refractivity contribution is 0.412. The smallest absolute Gasteiger partial charge is 0.0174 e. The Morgan fingerprint density at radius 2 is 1.93 bits per heavy atom. The molecule has 15 heavy (non-hydrogen) atoms. The molecule has 0 spiro atoms. The Hall–Kier alpha value is -0.520. The van der Waals surface area contributed by atoms with Gasteiger partial charge in [0.05, 0.1) is 0 Å². The van der Waals surface area contributed by atoms with Gasteiger partial charge in [0.2, 0.25) is 0 Å². The molecule has 84 valence electrons. The van der Waals surface area contributed by atoms with E-state index >= 15 is 0 Å². The molecule has 2 aliphatic carbocycles. The van der Waals surface area contributed by atoms with Crippen molar-refractivity contribution in [3.63, 3.8) is 0 Å². The van der Waals surface area contributed by atoms with Gasteiger partial charge < -0.3 is 0 Å². The van der Waals surface area contributed by atoms with Gasteiger partial charge in [-0.25, -0.2) is 0 Å². The molecule has 0 bridgehead atoms. The Balaban J connectivity index is 2.04. The highest BCUT2D eigenvalue weighted by Crippen LogP contribution is 2.39. The summed E-state index contributed by atoms with van der Waals surface area (Å²) in [6, 6.07) is 0. The van der Waals surface area contributed by atoms with Crippen LogP contribution in [0.3, 0.4) is 0 Å². The van der Waals surface area contributed by atoms with Crippen molar-refractivity contribution in [3.8, 4) is 0 Å². The van der Waals surface area contributed by atoms with Crippen LogP contribution in [0.2, 0.25) is 0 Å². The number of hydrogen-bond acceptors (Lipinski definition) is 0. The fourth-order valence-corrected chi connectivity index (χ4v) is 3.09. The largest absolute Gasteiger partial charge is 0.0845 e. The van der Waals surface area contributed by atoms with Crippen LogP contribution in [-0.2, 0) is 0 Å². The quantitative estimate of drug-likeness (QED) is 0.528. The van der Waals surface area contributed by atoms with Gasteiger partial charge in [-0.15, -0.1) is 0 Å². The third-order valence-electron chi connectivity index (χ3n) is 4.13. The maximum atomic E-state index is 2.44. The van der Waals surface area contributed by atoms with Crippen molar-refractivity contribution < 1.29 is 0 Å². The second kappa shape index (κ2) is 5.53.